The van der Waals surface area contributed by atoms with Gasteiger partial charge < -0.3 is 16.2 Å². The van der Waals surface area contributed by atoms with Crippen LogP contribution in [0.4, 0.5) is 0 Å². The van der Waals surface area contributed by atoms with Crippen LogP contribution in [0.3, 0.4) is 0 Å². The average molecular weight is 350 g/mol. The third kappa shape index (κ3) is 4.53. The van der Waals surface area contributed by atoms with E-state index in [1.54, 1.807) is 12.1 Å². The van der Waals surface area contributed by atoms with Gasteiger partial charge in [0, 0.05) is 9.50 Å². The molecule has 0 aromatic heterocycles. The molecule has 0 fully saturated rings. The molecule has 0 bridgehead atoms. The Balaban J connectivity index is 2.90. The molecule has 0 aliphatic carbocycles. The van der Waals surface area contributed by atoms with Crippen molar-refractivity contribution in [3.05, 3.63) is 33.3 Å². The monoisotopic (exact) mass is 348 g/mol. The van der Waals surface area contributed by atoms with Crippen LogP contribution in [0.5, 0.6) is 0 Å². The smallest absolute Gasteiger partial charge is 0.326 e. The van der Waals surface area contributed by atoms with E-state index in [2.05, 4.69) is 21.2 Å². The van der Waals surface area contributed by atoms with Crippen molar-refractivity contribution < 1.29 is 19.5 Å². The third-order valence-corrected chi connectivity index (χ3v) is 3.11. The minimum atomic E-state index is -1.38. The molecule has 0 saturated heterocycles. The summed E-state index contributed by atoms with van der Waals surface area (Å²) in [6.45, 7) is 0. The van der Waals surface area contributed by atoms with Crippen LogP contribution in [0, 0.1) is 0 Å². The van der Waals surface area contributed by atoms with Crippen molar-refractivity contribution in [3.63, 3.8) is 0 Å². The first-order valence-corrected chi connectivity index (χ1v) is 6.25. The summed E-state index contributed by atoms with van der Waals surface area (Å²) < 4.78 is 0.456. The zero-order valence-electron chi connectivity index (χ0n) is 9.52. The molecule has 0 spiro atoms. The Bertz CT molecular complexity index is 535. The van der Waals surface area contributed by atoms with Crippen LogP contribution >= 0.6 is 27.5 Å². The molecule has 0 aliphatic rings. The number of carbonyl (C=O) groups excluding carboxylic acids is 2. The molecular formula is C11H10BrClN2O4. The van der Waals surface area contributed by atoms with Gasteiger partial charge in [0.1, 0.15) is 6.04 Å². The molecule has 1 aromatic rings. The number of amides is 2. The lowest BCUT2D eigenvalue weighted by molar-refractivity contribution is -0.140. The first-order valence-electron chi connectivity index (χ1n) is 5.08. The molecule has 0 radical (unpaired) electrons. The highest BCUT2D eigenvalue weighted by atomic mass is 79.9. The Morgan fingerprint density at radius 1 is 1.42 bits per heavy atom. The highest BCUT2D eigenvalue weighted by Gasteiger charge is 2.23. The Labute approximate surface area is 122 Å². The number of benzene rings is 1. The van der Waals surface area contributed by atoms with Crippen LogP contribution in [-0.2, 0) is 9.59 Å². The van der Waals surface area contributed by atoms with Crippen molar-refractivity contribution in [1.29, 1.82) is 0 Å². The average Bonchev–Trinajstić information content (AvgIpc) is 2.30. The van der Waals surface area contributed by atoms with Gasteiger partial charge in [0.2, 0.25) is 5.91 Å². The van der Waals surface area contributed by atoms with E-state index >= 15 is 0 Å². The Hall–Kier alpha value is -1.60. The Morgan fingerprint density at radius 3 is 2.58 bits per heavy atom. The number of halogens is 2. The fourth-order valence-corrected chi connectivity index (χ4v) is 1.91. The zero-order valence-corrected chi connectivity index (χ0v) is 11.9. The van der Waals surface area contributed by atoms with Gasteiger partial charge >= 0.3 is 5.97 Å². The molecule has 1 atom stereocenters. The number of carbonyl (C=O) groups is 3. The van der Waals surface area contributed by atoms with Crippen molar-refractivity contribution in [2.45, 2.75) is 12.5 Å². The van der Waals surface area contributed by atoms with E-state index < -0.39 is 30.2 Å². The second-order valence-corrected chi connectivity index (χ2v) is 4.95. The van der Waals surface area contributed by atoms with Gasteiger partial charge in [-0.25, -0.2) is 4.79 Å². The lowest BCUT2D eigenvalue weighted by Crippen LogP contribution is -2.43. The summed E-state index contributed by atoms with van der Waals surface area (Å²) in [5.41, 5.74) is 5.09. The fraction of sp³-hybridized carbons (Fsp3) is 0.182. The lowest BCUT2D eigenvalue weighted by Gasteiger charge is -2.13. The van der Waals surface area contributed by atoms with E-state index in [9.17, 15) is 14.4 Å². The van der Waals surface area contributed by atoms with Crippen LogP contribution in [0.2, 0.25) is 5.02 Å². The van der Waals surface area contributed by atoms with Crippen molar-refractivity contribution in [2.75, 3.05) is 0 Å². The minimum absolute atomic E-state index is 0.170. The van der Waals surface area contributed by atoms with Crippen molar-refractivity contribution in [3.8, 4) is 0 Å². The number of carboxylic acid groups (broad SMARTS) is 1. The van der Waals surface area contributed by atoms with Gasteiger partial charge in [-0.2, -0.15) is 0 Å². The highest BCUT2D eigenvalue weighted by Crippen LogP contribution is 2.21. The van der Waals surface area contributed by atoms with E-state index in [-0.39, 0.29) is 5.56 Å². The van der Waals surface area contributed by atoms with Crippen LogP contribution in [-0.4, -0.2) is 28.9 Å². The van der Waals surface area contributed by atoms with E-state index in [0.717, 1.165) is 0 Å². The molecule has 0 saturated carbocycles. The highest BCUT2D eigenvalue weighted by molar-refractivity contribution is 9.10. The first-order chi connectivity index (χ1) is 8.81. The summed E-state index contributed by atoms with van der Waals surface area (Å²) in [4.78, 5) is 33.5. The van der Waals surface area contributed by atoms with Gasteiger partial charge in [0.25, 0.3) is 5.91 Å². The van der Waals surface area contributed by atoms with E-state index in [4.69, 9.17) is 22.4 Å². The summed E-state index contributed by atoms with van der Waals surface area (Å²) in [6.07, 6.45) is -0.487. The van der Waals surface area contributed by atoms with Crippen LogP contribution in [0.15, 0.2) is 22.7 Å². The van der Waals surface area contributed by atoms with Crippen LogP contribution in [0.25, 0.3) is 0 Å². The van der Waals surface area contributed by atoms with E-state index in [1.165, 1.54) is 6.07 Å². The Morgan fingerprint density at radius 2 is 2.05 bits per heavy atom. The SMILES string of the molecule is NC(=O)C[C@@H](NC(=O)c1cc(Cl)ccc1Br)C(=O)O. The standard InChI is InChI=1S/C11H10BrClN2O4/c12-7-2-1-5(13)3-6(7)10(17)15-8(11(18)19)4-9(14)16/h1-3,8H,4H2,(H2,14,16)(H,15,17)(H,18,19)/t8-/m1/s1. The molecule has 6 nitrogen and oxygen atoms in total. The van der Waals surface area contributed by atoms with Crippen LogP contribution in [0.1, 0.15) is 16.8 Å². The van der Waals surface area contributed by atoms with Gasteiger partial charge in [-0.15, -0.1) is 0 Å². The molecule has 0 aliphatic heterocycles. The number of hydrogen-bond acceptors (Lipinski definition) is 3. The lowest BCUT2D eigenvalue weighted by atomic mass is 10.1. The van der Waals surface area contributed by atoms with Crippen LogP contribution < -0.4 is 11.1 Å². The molecule has 1 aromatic carbocycles. The number of carboxylic acids is 1. The Kier molecular flexibility index (Phi) is 5.31. The summed E-state index contributed by atoms with van der Waals surface area (Å²) in [7, 11) is 0. The maximum atomic E-state index is 11.9. The largest absolute Gasteiger partial charge is 0.480 e. The molecular weight excluding hydrogens is 339 g/mol. The van der Waals surface area contributed by atoms with Crippen molar-refractivity contribution in [2.24, 2.45) is 5.73 Å². The molecule has 4 N–H and O–H groups in total. The molecule has 2 amide bonds. The maximum absolute atomic E-state index is 11.9. The number of nitrogens with two attached hydrogens (primary N) is 1. The van der Waals surface area contributed by atoms with E-state index in [0.29, 0.717) is 9.50 Å². The van der Waals surface area contributed by atoms with Crippen molar-refractivity contribution in [1.82, 2.24) is 5.32 Å². The maximum Gasteiger partial charge on any atom is 0.326 e. The second-order valence-electron chi connectivity index (χ2n) is 3.66. The summed E-state index contributed by atoms with van der Waals surface area (Å²) in [5.74, 6) is -2.83. The van der Waals surface area contributed by atoms with Gasteiger partial charge in [-0.1, -0.05) is 11.6 Å². The summed E-state index contributed by atoms with van der Waals surface area (Å²) in [6, 6.07) is 3.13. The molecule has 1 rings (SSSR count). The minimum Gasteiger partial charge on any atom is -0.480 e. The molecule has 102 valence electrons. The van der Waals surface area contributed by atoms with Gasteiger partial charge in [-0.3, -0.25) is 9.59 Å². The van der Waals surface area contributed by atoms with Crippen molar-refractivity contribution >= 4 is 45.3 Å². The predicted molar refractivity (Wildman–Crippen MR) is 71.9 cm³/mol. The van der Waals surface area contributed by atoms with Gasteiger partial charge in [-0.05, 0) is 34.1 Å². The third-order valence-electron chi connectivity index (χ3n) is 2.18. The van der Waals surface area contributed by atoms with Gasteiger partial charge in [0.05, 0.1) is 12.0 Å². The molecule has 19 heavy (non-hydrogen) atoms. The molecule has 8 heteroatoms. The predicted octanol–water partition coefficient (Wildman–Crippen LogP) is 1.16. The number of primary amides is 1. The molecule has 0 heterocycles. The first kappa shape index (κ1) is 15.5. The topological polar surface area (TPSA) is 109 Å². The second kappa shape index (κ2) is 6.53. The van der Waals surface area contributed by atoms with E-state index in [1.807, 2.05) is 0 Å². The number of aliphatic carboxylic acids is 1. The summed E-state index contributed by atoms with van der Waals surface area (Å²) >= 11 is 8.90. The molecule has 0 unspecified atom stereocenters. The normalized spacial score (nSPS) is 11.7. The fourth-order valence-electron chi connectivity index (χ4n) is 1.31. The number of rotatable bonds is 5. The number of hydrogen-bond donors (Lipinski definition) is 3. The summed E-state index contributed by atoms with van der Waals surface area (Å²) in [5, 5.41) is 11.4. The zero-order chi connectivity index (χ0) is 14.6. The quantitative estimate of drug-likeness (QED) is 0.741. The van der Waals surface area contributed by atoms with Gasteiger partial charge in [0.15, 0.2) is 0 Å². The number of nitrogens with one attached hydrogen (secondary N) is 1.